The number of benzene rings is 1. The van der Waals surface area contributed by atoms with E-state index >= 15 is 0 Å². The van der Waals surface area contributed by atoms with Crippen molar-refractivity contribution in [3.63, 3.8) is 0 Å². The lowest BCUT2D eigenvalue weighted by molar-refractivity contribution is -0.137. The molecule has 0 fully saturated rings. The Bertz CT molecular complexity index is 886. The molecule has 0 atom stereocenters. The van der Waals surface area contributed by atoms with Crippen molar-refractivity contribution < 1.29 is 27.5 Å². The van der Waals surface area contributed by atoms with Gasteiger partial charge in [-0.1, -0.05) is 6.07 Å². The van der Waals surface area contributed by atoms with E-state index in [0.29, 0.717) is 6.07 Å². The predicted molar refractivity (Wildman–Crippen MR) is 93.1 cm³/mol. The molecule has 0 aliphatic heterocycles. The standard InChI is InChI=1S/C19H19F3N2O3/c1-10-14(11-6-5-7-24-9-11)13(19(20,21)22)8-12(15(10)16(23)25)17(26)27-18(2,3)4/h5-9H,1-4H3,(H2,23,25). The highest BCUT2D eigenvalue weighted by molar-refractivity contribution is 6.07. The van der Waals surface area contributed by atoms with Gasteiger partial charge >= 0.3 is 12.1 Å². The van der Waals surface area contributed by atoms with Crippen LogP contribution in [0.4, 0.5) is 13.2 Å². The maximum Gasteiger partial charge on any atom is 0.417 e. The molecule has 5 nitrogen and oxygen atoms in total. The summed E-state index contributed by atoms with van der Waals surface area (Å²) in [5, 5.41) is 0. The number of pyridine rings is 1. The van der Waals surface area contributed by atoms with Gasteiger partial charge in [-0.2, -0.15) is 13.2 Å². The number of hydrogen-bond donors (Lipinski definition) is 1. The molecule has 1 aromatic heterocycles. The molecule has 8 heteroatoms. The minimum atomic E-state index is -4.77. The van der Waals surface area contributed by atoms with E-state index in [9.17, 15) is 22.8 Å². The molecule has 27 heavy (non-hydrogen) atoms. The fourth-order valence-electron chi connectivity index (χ4n) is 2.74. The Morgan fingerprint density at radius 3 is 2.26 bits per heavy atom. The smallest absolute Gasteiger partial charge is 0.417 e. The molecular formula is C19H19F3N2O3. The van der Waals surface area contributed by atoms with Crippen LogP contribution in [0.3, 0.4) is 0 Å². The number of carbonyl (C=O) groups is 2. The van der Waals surface area contributed by atoms with E-state index < -0.39 is 34.8 Å². The Balaban J connectivity index is 2.87. The maximum atomic E-state index is 13.7. The highest BCUT2D eigenvalue weighted by Gasteiger charge is 2.38. The Kier molecular flexibility index (Phi) is 5.30. The Morgan fingerprint density at radius 2 is 1.81 bits per heavy atom. The van der Waals surface area contributed by atoms with E-state index in [1.54, 1.807) is 20.8 Å². The number of halogens is 3. The highest BCUT2D eigenvalue weighted by Crippen LogP contribution is 2.41. The molecule has 0 bridgehead atoms. The van der Waals surface area contributed by atoms with E-state index in [0.717, 1.165) is 0 Å². The molecule has 2 rings (SSSR count). The number of nitrogens with zero attached hydrogens (tertiary/aromatic N) is 1. The second-order valence-corrected chi connectivity index (χ2v) is 6.95. The van der Waals surface area contributed by atoms with Crippen molar-refractivity contribution >= 4 is 11.9 Å². The van der Waals surface area contributed by atoms with Crippen LogP contribution in [0.2, 0.25) is 0 Å². The second-order valence-electron chi connectivity index (χ2n) is 6.95. The zero-order chi connectivity index (χ0) is 20.6. The number of hydrogen-bond acceptors (Lipinski definition) is 4. The van der Waals surface area contributed by atoms with Gasteiger partial charge in [0.05, 0.1) is 16.7 Å². The molecule has 0 radical (unpaired) electrons. The van der Waals surface area contributed by atoms with Crippen molar-refractivity contribution in [1.29, 1.82) is 0 Å². The van der Waals surface area contributed by atoms with Crippen LogP contribution in [-0.2, 0) is 10.9 Å². The van der Waals surface area contributed by atoms with Gasteiger partial charge < -0.3 is 10.5 Å². The minimum Gasteiger partial charge on any atom is -0.456 e. The van der Waals surface area contributed by atoms with E-state index in [2.05, 4.69) is 4.98 Å². The van der Waals surface area contributed by atoms with Gasteiger partial charge in [-0.15, -0.1) is 0 Å². The van der Waals surface area contributed by atoms with Crippen LogP contribution >= 0.6 is 0 Å². The first-order valence-electron chi connectivity index (χ1n) is 8.01. The van der Waals surface area contributed by atoms with Gasteiger partial charge in [0.25, 0.3) is 0 Å². The molecule has 2 aromatic rings. The molecule has 1 heterocycles. The van der Waals surface area contributed by atoms with E-state index in [-0.39, 0.29) is 22.3 Å². The number of aromatic nitrogens is 1. The number of nitrogens with two attached hydrogens (primary N) is 1. The number of carbonyl (C=O) groups excluding carboxylic acids is 2. The Labute approximate surface area is 154 Å². The van der Waals surface area contributed by atoms with Crippen molar-refractivity contribution in [2.45, 2.75) is 39.5 Å². The van der Waals surface area contributed by atoms with Crippen LogP contribution in [-0.4, -0.2) is 22.5 Å². The second kappa shape index (κ2) is 7.02. The zero-order valence-electron chi connectivity index (χ0n) is 15.3. The van der Waals surface area contributed by atoms with Crippen molar-refractivity contribution in [1.82, 2.24) is 4.98 Å². The van der Waals surface area contributed by atoms with E-state index in [4.69, 9.17) is 10.5 Å². The molecule has 0 saturated carbocycles. The number of primary amides is 1. The molecule has 0 spiro atoms. The van der Waals surface area contributed by atoms with Crippen LogP contribution < -0.4 is 5.73 Å². The zero-order valence-corrected chi connectivity index (χ0v) is 15.3. The van der Waals surface area contributed by atoms with E-state index in [1.165, 1.54) is 31.5 Å². The third-order valence-corrected chi connectivity index (χ3v) is 3.70. The number of esters is 1. The summed E-state index contributed by atoms with van der Waals surface area (Å²) in [7, 11) is 0. The summed E-state index contributed by atoms with van der Waals surface area (Å²) in [6.07, 6.45) is -2.12. The molecule has 144 valence electrons. The molecular weight excluding hydrogens is 361 g/mol. The van der Waals surface area contributed by atoms with Gasteiger partial charge in [0, 0.05) is 18.0 Å². The summed E-state index contributed by atoms with van der Waals surface area (Å²) >= 11 is 0. The first-order valence-corrected chi connectivity index (χ1v) is 8.01. The van der Waals surface area contributed by atoms with Crippen molar-refractivity contribution in [2.24, 2.45) is 5.73 Å². The number of ether oxygens (including phenoxy) is 1. The predicted octanol–water partition coefficient (Wildman–Crippen LogP) is 4.13. The van der Waals surface area contributed by atoms with Crippen LogP contribution in [0.15, 0.2) is 30.6 Å². The van der Waals surface area contributed by atoms with Crippen LogP contribution in [0.25, 0.3) is 11.1 Å². The van der Waals surface area contributed by atoms with Crippen LogP contribution in [0.1, 0.15) is 52.6 Å². The van der Waals surface area contributed by atoms with Gasteiger partial charge in [-0.3, -0.25) is 9.78 Å². The number of amides is 1. The monoisotopic (exact) mass is 380 g/mol. The van der Waals surface area contributed by atoms with E-state index in [1.807, 2.05) is 0 Å². The molecule has 0 unspecified atom stereocenters. The molecule has 1 aromatic carbocycles. The maximum absolute atomic E-state index is 13.7. The first-order chi connectivity index (χ1) is 12.3. The summed E-state index contributed by atoms with van der Waals surface area (Å²) in [6.45, 7) is 6.01. The third kappa shape index (κ3) is 4.45. The quantitative estimate of drug-likeness (QED) is 0.812. The van der Waals surface area contributed by atoms with Gasteiger partial charge in [-0.05, 0) is 51.0 Å². The average molecular weight is 380 g/mol. The lowest BCUT2D eigenvalue weighted by atomic mass is 9.88. The normalized spacial score (nSPS) is 12.0. The lowest BCUT2D eigenvalue weighted by Crippen LogP contribution is -2.27. The summed E-state index contributed by atoms with van der Waals surface area (Å²) in [5.41, 5.74) is 2.36. The number of alkyl halides is 3. The summed E-state index contributed by atoms with van der Waals surface area (Å²) in [6, 6.07) is 3.52. The number of rotatable bonds is 3. The largest absolute Gasteiger partial charge is 0.456 e. The lowest BCUT2D eigenvalue weighted by Gasteiger charge is -2.23. The van der Waals surface area contributed by atoms with Crippen LogP contribution in [0, 0.1) is 6.92 Å². The van der Waals surface area contributed by atoms with Crippen LogP contribution in [0.5, 0.6) is 0 Å². The van der Waals surface area contributed by atoms with Crippen molar-refractivity contribution in [3.05, 3.63) is 52.8 Å². The summed E-state index contributed by atoms with van der Waals surface area (Å²) in [5.74, 6) is -2.07. The third-order valence-electron chi connectivity index (χ3n) is 3.70. The molecule has 0 saturated heterocycles. The van der Waals surface area contributed by atoms with Gasteiger partial charge in [0.2, 0.25) is 5.91 Å². The average Bonchev–Trinajstić information content (AvgIpc) is 2.51. The Morgan fingerprint density at radius 1 is 1.19 bits per heavy atom. The SMILES string of the molecule is Cc1c(C(N)=O)c(C(=O)OC(C)(C)C)cc(C(F)(F)F)c1-c1cccnc1. The highest BCUT2D eigenvalue weighted by atomic mass is 19.4. The fourth-order valence-corrected chi connectivity index (χ4v) is 2.74. The van der Waals surface area contributed by atoms with Crippen molar-refractivity contribution in [2.75, 3.05) is 0 Å². The van der Waals surface area contributed by atoms with Gasteiger partial charge in [0.15, 0.2) is 0 Å². The Hall–Kier alpha value is -2.90. The minimum absolute atomic E-state index is 0.0637. The van der Waals surface area contributed by atoms with Crippen molar-refractivity contribution in [3.8, 4) is 11.1 Å². The topological polar surface area (TPSA) is 82.3 Å². The fraction of sp³-hybridized carbons (Fsp3) is 0.316. The summed E-state index contributed by atoms with van der Waals surface area (Å²) in [4.78, 5) is 28.3. The molecule has 1 amide bonds. The summed E-state index contributed by atoms with van der Waals surface area (Å²) < 4.78 is 46.4. The molecule has 0 aliphatic rings. The van der Waals surface area contributed by atoms with Gasteiger partial charge in [-0.25, -0.2) is 4.79 Å². The first kappa shape index (κ1) is 20.4. The molecule has 2 N–H and O–H groups in total. The van der Waals surface area contributed by atoms with Gasteiger partial charge in [0.1, 0.15) is 5.60 Å². The molecule has 0 aliphatic carbocycles.